The molecule has 1 aromatic heterocycles. The molecule has 9 nitrogen and oxygen atoms in total. The molecule has 42 heavy (non-hydrogen) atoms. The number of thiazole rings is 1. The number of nitrogens with zero attached hydrogens (tertiary/aromatic N) is 3. The number of aromatic nitrogens is 1. The largest absolute Gasteiger partial charge is 0.389 e. The van der Waals surface area contributed by atoms with Gasteiger partial charge >= 0.3 is 0 Å². The average Bonchev–Trinajstić information content (AvgIpc) is 3.40. The Kier molecular flexibility index (Phi) is 8.87. The number of aliphatic hydroxyl groups is 1. The predicted molar refractivity (Wildman–Crippen MR) is 166 cm³/mol. The Morgan fingerprint density at radius 3 is 2.50 bits per heavy atom. The summed E-state index contributed by atoms with van der Waals surface area (Å²) in [6, 6.07) is 11.5. The van der Waals surface area contributed by atoms with Crippen LogP contribution in [0.1, 0.15) is 67.8 Å². The minimum absolute atomic E-state index is 0.0510. The molecule has 11 heteroatoms. The molecule has 3 aromatic rings. The SMILES string of the molecule is CC1CCN(C(=O)c2nc(C(=O)NCC(C)(C)O)sc2-c2ccc(S(=O)N3CCOCC3(C)C)c3ccccc23)CC1. The zero-order valence-corrected chi connectivity index (χ0v) is 26.6. The summed E-state index contributed by atoms with van der Waals surface area (Å²) in [7, 11) is -1.44. The van der Waals surface area contributed by atoms with Crippen LogP contribution in [0.3, 0.4) is 0 Å². The molecule has 1 atom stereocenters. The lowest BCUT2D eigenvalue weighted by molar-refractivity contribution is -0.00522. The fraction of sp³-hybridized carbons (Fsp3) is 0.516. The number of piperidine rings is 1. The van der Waals surface area contributed by atoms with E-state index in [0.29, 0.717) is 48.5 Å². The summed E-state index contributed by atoms with van der Waals surface area (Å²) in [5, 5.41) is 14.7. The molecule has 0 radical (unpaired) electrons. The number of fused-ring (bicyclic) bond motifs is 1. The topological polar surface area (TPSA) is 112 Å². The van der Waals surface area contributed by atoms with Gasteiger partial charge in [0.25, 0.3) is 11.8 Å². The second-order valence-electron chi connectivity index (χ2n) is 12.5. The van der Waals surface area contributed by atoms with Crippen LogP contribution in [0.15, 0.2) is 41.3 Å². The highest BCUT2D eigenvalue weighted by molar-refractivity contribution is 7.83. The van der Waals surface area contributed by atoms with Gasteiger partial charge in [0, 0.05) is 31.7 Å². The zero-order valence-electron chi connectivity index (χ0n) is 24.9. The summed E-state index contributed by atoms with van der Waals surface area (Å²) in [5.41, 5.74) is -0.468. The van der Waals surface area contributed by atoms with Crippen molar-refractivity contribution in [3.63, 3.8) is 0 Å². The second kappa shape index (κ2) is 12.1. The van der Waals surface area contributed by atoms with E-state index < -0.39 is 28.0 Å². The maximum atomic E-state index is 14.0. The molecule has 1 unspecified atom stereocenters. The third kappa shape index (κ3) is 6.45. The van der Waals surface area contributed by atoms with Gasteiger partial charge in [0.2, 0.25) is 0 Å². The molecule has 226 valence electrons. The molecule has 2 saturated heterocycles. The van der Waals surface area contributed by atoms with Crippen LogP contribution in [0.25, 0.3) is 21.2 Å². The number of hydrogen-bond donors (Lipinski definition) is 2. The summed E-state index contributed by atoms with van der Waals surface area (Å²) in [6.07, 6.45) is 1.84. The number of hydrogen-bond acceptors (Lipinski definition) is 7. The molecule has 0 saturated carbocycles. The van der Waals surface area contributed by atoms with Crippen molar-refractivity contribution in [3.05, 3.63) is 47.1 Å². The van der Waals surface area contributed by atoms with Gasteiger partial charge in [0.1, 0.15) is 16.7 Å². The number of rotatable bonds is 7. The number of ether oxygens (including phenoxy) is 1. The smallest absolute Gasteiger partial charge is 0.280 e. The van der Waals surface area contributed by atoms with E-state index in [4.69, 9.17) is 4.74 Å². The minimum atomic E-state index is -1.44. The van der Waals surface area contributed by atoms with Gasteiger partial charge in [-0.15, -0.1) is 11.3 Å². The highest BCUT2D eigenvalue weighted by Crippen LogP contribution is 2.39. The molecule has 2 amide bonds. The molecule has 2 aliphatic heterocycles. The van der Waals surface area contributed by atoms with Crippen molar-refractivity contribution >= 4 is 44.9 Å². The summed E-state index contributed by atoms with van der Waals surface area (Å²) in [5.74, 6) is -0.0753. The van der Waals surface area contributed by atoms with Crippen molar-refractivity contribution in [3.8, 4) is 10.4 Å². The van der Waals surface area contributed by atoms with E-state index in [9.17, 15) is 18.9 Å². The van der Waals surface area contributed by atoms with Gasteiger partial charge in [0.15, 0.2) is 5.01 Å². The molecular weight excluding hydrogens is 572 g/mol. The van der Waals surface area contributed by atoms with Gasteiger partial charge in [-0.05, 0) is 63.3 Å². The monoisotopic (exact) mass is 612 g/mol. The number of morpholine rings is 1. The van der Waals surface area contributed by atoms with Crippen molar-refractivity contribution in [1.29, 1.82) is 0 Å². The van der Waals surface area contributed by atoms with Crippen LogP contribution in [0.5, 0.6) is 0 Å². The van der Waals surface area contributed by atoms with E-state index in [2.05, 4.69) is 17.2 Å². The summed E-state index contributed by atoms with van der Waals surface area (Å²) < 4.78 is 21.6. The van der Waals surface area contributed by atoms with Crippen molar-refractivity contribution in [2.24, 2.45) is 5.92 Å². The summed E-state index contributed by atoms with van der Waals surface area (Å²) >= 11 is 1.17. The van der Waals surface area contributed by atoms with Gasteiger partial charge in [-0.1, -0.05) is 37.3 Å². The fourth-order valence-corrected chi connectivity index (χ4v) is 7.91. The van der Waals surface area contributed by atoms with Crippen LogP contribution >= 0.6 is 11.3 Å². The molecule has 5 rings (SSSR count). The molecular formula is C31H40N4O5S2. The third-order valence-corrected chi connectivity index (χ3v) is 10.8. The van der Waals surface area contributed by atoms with Crippen molar-refractivity contribution in [2.45, 2.75) is 63.5 Å². The lowest BCUT2D eigenvalue weighted by Gasteiger charge is -2.40. The van der Waals surface area contributed by atoms with E-state index >= 15 is 0 Å². The van der Waals surface area contributed by atoms with Gasteiger partial charge in [-0.3, -0.25) is 9.59 Å². The number of amides is 2. The van der Waals surface area contributed by atoms with E-state index in [0.717, 1.165) is 29.2 Å². The summed E-state index contributed by atoms with van der Waals surface area (Å²) in [6.45, 7) is 12.4. The van der Waals surface area contributed by atoms with E-state index in [-0.39, 0.29) is 23.2 Å². The molecule has 2 N–H and O–H groups in total. The Bertz CT molecular complexity index is 1500. The number of carbonyl (C=O) groups excluding carboxylic acids is 2. The molecule has 3 heterocycles. The highest BCUT2D eigenvalue weighted by atomic mass is 32.2. The number of carbonyl (C=O) groups is 2. The van der Waals surface area contributed by atoms with Crippen LogP contribution in [0.2, 0.25) is 0 Å². The van der Waals surface area contributed by atoms with Crippen LogP contribution in [0.4, 0.5) is 0 Å². The first-order valence-corrected chi connectivity index (χ1v) is 16.4. The van der Waals surface area contributed by atoms with Crippen LogP contribution in [-0.4, -0.2) is 85.9 Å². The quantitative estimate of drug-likeness (QED) is 0.407. The number of likely N-dealkylation sites (tertiary alicyclic amines) is 1. The standard InChI is InChI=1S/C31H40N4O5S2/c1-20-12-14-34(15-13-20)29(37)25-26(41-28(33-25)27(36)32-18-31(4,5)38)23-10-11-24(22-9-7-6-8-21(22)23)42(39)35-16-17-40-19-30(35,2)3/h6-11,20,38H,12-19H2,1-5H3,(H,32,36). The van der Waals surface area contributed by atoms with Gasteiger partial charge in [-0.2, -0.15) is 0 Å². The zero-order chi connectivity index (χ0) is 30.2. The van der Waals surface area contributed by atoms with E-state index in [1.165, 1.54) is 11.3 Å². The molecule has 2 aliphatic rings. The molecule has 0 aliphatic carbocycles. The lowest BCUT2D eigenvalue weighted by Crippen LogP contribution is -2.53. The Morgan fingerprint density at radius 2 is 1.83 bits per heavy atom. The maximum Gasteiger partial charge on any atom is 0.280 e. The fourth-order valence-electron chi connectivity index (χ4n) is 5.37. The van der Waals surface area contributed by atoms with Gasteiger partial charge in [0.05, 0.1) is 34.1 Å². The highest BCUT2D eigenvalue weighted by Gasteiger charge is 2.36. The molecule has 2 aromatic carbocycles. The van der Waals surface area contributed by atoms with Gasteiger partial charge < -0.3 is 20.1 Å². The van der Waals surface area contributed by atoms with Crippen LogP contribution in [-0.2, 0) is 15.7 Å². The third-order valence-electron chi connectivity index (χ3n) is 7.86. The van der Waals surface area contributed by atoms with Crippen LogP contribution < -0.4 is 5.32 Å². The minimum Gasteiger partial charge on any atom is -0.389 e. The Morgan fingerprint density at radius 1 is 1.14 bits per heavy atom. The Labute approximate surface area is 253 Å². The summed E-state index contributed by atoms with van der Waals surface area (Å²) in [4.78, 5) is 34.7. The molecule has 0 bridgehead atoms. The first kappa shape index (κ1) is 30.7. The molecule has 2 fully saturated rings. The number of benzene rings is 2. The Balaban J connectivity index is 1.59. The normalized spacial score (nSPS) is 19.1. The molecule has 0 spiro atoms. The number of nitrogens with one attached hydrogen (secondary N) is 1. The maximum absolute atomic E-state index is 14.0. The first-order chi connectivity index (χ1) is 19.9. The average molecular weight is 613 g/mol. The second-order valence-corrected chi connectivity index (χ2v) is 14.9. The van der Waals surface area contributed by atoms with Crippen molar-refractivity contribution < 1.29 is 23.6 Å². The van der Waals surface area contributed by atoms with E-state index in [1.54, 1.807) is 13.8 Å². The van der Waals surface area contributed by atoms with E-state index in [1.807, 2.05) is 59.5 Å². The lowest BCUT2D eigenvalue weighted by atomic mass is 9.98. The van der Waals surface area contributed by atoms with Gasteiger partial charge in [-0.25, -0.2) is 13.5 Å². The predicted octanol–water partition coefficient (Wildman–Crippen LogP) is 4.47. The van der Waals surface area contributed by atoms with Crippen LogP contribution in [0, 0.1) is 5.92 Å². The van der Waals surface area contributed by atoms with Crippen molar-refractivity contribution in [1.82, 2.24) is 19.5 Å². The van der Waals surface area contributed by atoms with Crippen molar-refractivity contribution in [2.75, 3.05) is 39.4 Å². The first-order valence-electron chi connectivity index (χ1n) is 14.5. The Hall–Kier alpha value is -2.70.